The molecule has 3 aliphatic rings. The summed E-state index contributed by atoms with van der Waals surface area (Å²) >= 11 is 0. The Morgan fingerprint density at radius 1 is 1.23 bits per heavy atom. The topological polar surface area (TPSA) is 66.0 Å². The van der Waals surface area contributed by atoms with Crippen LogP contribution in [0.25, 0.3) is 0 Å². The van der Waals surface area contributed by atoms with Crippen molar-refractivity contribution < 1.29 is 23.7 Å². The molecule has 3 fully saturated rings. The van der Waals surface area contributed by atoms with E-state index in [2.05, 4.69) is 5.32 Å². The lowest BCUT2D eigenvalue weighted by Gasteiger charge is -2.52. The van der Waals surface area contributed by atoms with Crippen molar-refractivity contribution in [2.75, 3.05) is 19.8 Å². The molecule has 2 bridgehead atoms. The monoisotopic (exact) mass is 307 g/mol. The molecule has 0 spiro atoms. The number of nitrogens with one attached hydrogen (secondary N) is 1. The Bertz CT molecular complexity index is 508. The number of hydrogen-bond acceptors (Lipinski definition) is 5. The molecule has 1 unspecified atom stereocenters. The molecule has 120 valence electrons. The van der Waals surface area contributed by atoms with E-state index in [0.717, 1.165) is 5.56 Å². The Hall–Kier alpha value is -1.63. The zero-order valence-corrected chi connectivity index (χ0v) is 12.8. The molecule has 3 aliphatic heterocycles. The van der Waals surface area contributed by atoms with Gasteiger partial charge in [0.1, 0.15) is 12.6 Å². The quantitative estimate of drug-likeness (QED) is 0.922. The normalized spacial score (nSPS) is 31.5. The summed E-state index contributed by atoms with van der Waals surface area (Å²) in [5.74, 6) is -1.20. The highest BCUT2D eigenvalue weighted by Gasteiger charge is 2.54. The van der Waals surface area contributed by atoms with Gasteiger partial charge in [0.05, 0.1) is 19.8 Å². The maximum absolute atomic E-state index is 11.9. The van der Waals surface area contributed by atoms with Crippen LogP contribution in [0.5, 0.6) is 0 Å². The third kappa shape index (κ3) is 3.09. The number of ether oxygens (including phenoxy) is 4. The van der Waals surface area contributed by atoms with Crippen LogP contribution in [-0.2, 0) is 25.6 Å². The molecule has 6 heteroatoms. The summed E-state index contributed by atoms with van der Waals surface area (Å²) in [6.45, 7) is 5.70. The van der Waals surface area contributed by atoms with E-state index >= 15 is 0 Å². The van der Waals surface area contributed by atoms with Gasteiger partial charge < -0.3 is 24.3 Å². The van der Waals surface area contributed by atoms with Gasteiger partial charge in [0.15, 0.2) is 0 Å². The second-order valence-corrected chi connectivity index (χ2v) is 6.21. The summed E-state index contributed by atoms with van der Waals surface area (Å²) in [5, 5.41) is 2.71. The van der Waals surface area contributed by atoms with E-state index in [0.29, 0.717) is 19.8 Å². The van der Waals surface area contributed by atoms with Gasteiger partial charge in [-0.1, -0.05) is 37.3 Å². The van der Waals surface area contributed by atoms with E-state index in [-0.39, 0.29) is 12.0 Å². The molecule has 1 N–H and O–H groups in total. The number of alkyl carbamates (subject to hydrolysis) is 1. The van der Waals surface area contributed by atoms with Crippen molar-refractivity contribution >= 4 is 6.09 Å². The van der Waals surface area contributed by atoms with Crippen molar-refractivity contribution in [1.29, 1.82) is 0 Å². The van der Waals surface area contributed by atoms with Crippen molar-refractivity contribution in [2.45, 2.75) is 32.5 Å². The first-order chi connectivity index (χ1) is 10.5. The average Bonchev–Trinajstić information content (AvgIpc) is 2.55. The van der Waals surface area contributed by atoms with Crippen molar-refractivity contribution in [2.24, 2.45) is 5.41 Å². The molecular weight excluding hydrogens is 286 g/mol. The van der Waals surface area contributed by atoms with Gasteiger partial charge in [-0.25, -0.2) is 4.79 Å². The highest BCUT2D eigenvalue weighted by molar-refractivity contribution is 5.67. The Labute approximate surface area is 129 Å². The SMILES string of the molecule is CC(NC(=O)OCc1ccccc1)C12OCC(C)(CO1)CO2. The van der Waals surface area contributed by atoms with E-state index in [1.807, 2.05) is 37.3 Å². The van der Waals surface area contributed by atoms with Gasteiger partial charge in [0.2, 0.25) is 0 Å². The lowest BCUT2D eigenvalue weighted by atomic mass is 9.91. The van der Waals surface area contributed by atoms with Gasteiger partial charge in [0, 0.05) is 5.41 Å². The fourth-order valence-electron chi connectivity index (χ4n) is 2.48. The lowest BCUT2D eigenvalue weighted by molar-refractivity contribution is -0.472. The van der Waals surface area contributed by atoms with Crippen LogP contribution in [0.3, 0.4) is 0 Å². The maximum atomic E-state index is 11.9. The Morgan fingerprint density at radius 2 is 1.82 bits per heavy atom. The first-order valence-corrected chi connectivity index (χ1v) is 7.40. The van der Waals surface area contributed by atoms with Gasteiger partial charge >= 0.3 is 12.1 Å². The molecule has 0 aliphatic carbocycles. The van der Waals surface area contributed by atoms with Gasteiger partial charge in [-0.05, 0) is 12.5 Å². The molecule has 4 rings (SSSR count). The molecule has 6 nitrogen and oxygen atoms in total. The Balaban J connectivity index is 1.51. The first-order valence-electron chi connectivity index (χ1n) is 7.40. The van der Waals surface area contributed by atoms with Gasteiger partial charge in [-0.2, -0.15) is 0 Å². The zero-order valence-electron chi connectivity index (χ0n) is 12.8. The van der Waals surface area contributed by atoms with E-state index in [9.17, 15) is 4.79 Å². The van der Waals surface area contributed by atoms with E-state index in [4.69, 9.17) is 18.9 Å². The number of amides is 1. The fraction of sp³-hybridized carbons (Fsp3) is 0.562. The zero-order chi connectivity index (χ0) is 15.6. The fourth-order valence-corrected chi connectivity index (χ4v) is 2.48. The highest BCUT2D eigenvalue weighted by Crippen LogP contribution is 2.39. The predicted octanol–water partition coefficient (Wildman–Crippen LogP) is 2.04. The molecule has 1 atom stereocenters. The number of carbonyl (C=O) groups is 1. The molecule has 0 radical (unpaired) electrons. The Morgan fingerprint density at radius 3 is 2.41 bits per heavy atom. The van der Waals surface area contributed by atoms with Crippen LogP contribution in [-0.4, -0.2) is 37.9 Å². The number of carbonyl (C=O) groups excluding carboxylic acids is 1. The van der Waals surface area contributed by atoms with Crippen molar-refractivity contribution in [3.05, 3.63) is 35.9 Å². The van der Waals surface area contributed by atoms with Crippen molar-refractivity contribution in [3.8, 4) is 0 Å². The van der Waals surface area contributed by atoms with Gasteiger partial charge in [-0.15, -0.1) is 0 Å². The van der Waals surface area contributed by atoms with E-state index in [1.54, 1.807) is 6.92 Å². The smallest absolute Gasteiger partial charge is 0.407 e. The minimum atomic E-state index is -1.20. The lowest BCUT2D eigenvalue weighted by Crippen LogP contribution is -2.66. The number of rotatable bonds is 4. The number of hydrogen-bond donors (Lipinski definition) is 1. The van der Waals surface area contributed by atoms with Crippen LogP contribution in [0.1, 0.15) is 19.4 Å². The van der Waals surface area contributed by atoms with Crippen LogP contribution in [0.2, 0.25) is 0 Å². The molecule has 3 saturated heterocycles. The second-order valence-electron chi connectivity index (χ2n) is 6.21. The minimum absolute atomic E-state index is 0.102. The van der Waals surface area contributed by atoms with Crippen LogP contribution < -0.4 is 5.32 Å². The molecule has 1 aromatic rings. The standard InChI is InChI=1S/C16H21NO5/c1-12(16-20-9-15(2,10-21-16)11-22-16)17-14(18)19-8-13-6-4-3-5-7-13/h3-7,12H,8-11H2,1-2H3,(H,17,18). The molecule has 1 aromatic carbocycles. The highest BCUT2D eigenvalue weighted by atomic mass is 16.9. The summed E-state index contributed by atoms with van der Waals surface area (Å²) in [6.07, 6.45) is -0.527. The third-order valence-corrected chi connectivity index (χ3v) is 3.94. The summed E-state index contributed by atoms with van der Waals surface area (Å²) in [4.78, 5) is 11.9. The molecule has 1 amide bonds. The number of fused-ring (bicyclic) bond motifs is 3. The first kappa shape index (κ1) is 15.3. The van der Waals surface area contributed by atoms with Crippen LogP contribution in [0.15, 0.2) is 30.3 Å². The Kier molecular flexibility index (Phi) is 4.08. The van der Waals surface area contributed by atoms with E-state index < -0.39 is 18.1 Å². The third-order valence-electron chi connectivity index (χ3n) is 3.94. The van der Waals surface area contributed by atoms with Crippen LogP contribution in [0, 0.1) is 5.41 Å². The van der Waals surface area contributed by atoms with Crippen LogP contribution >= 0.6 is 0 Å². The number of benzene rings is 1. The maximum Gasteiger partial charge on any atom is 0.407 e. The summed E-state index contributed by atoms with van der Waals surface area (Å²) in [6, 6.07) is 9.03. The summed E-state index contributed by atoms with van der Waals surface area (Å²) < 4.78 is 22.2. The summed E-state index contributed by atoms with van der Waals surface area (Å²) in [5.41, 5.74) is 0.827. The minimum Gasteiger partial charge on any atom is -0.445 e. The molecule has 22 heavy (non-hydrogen) atoms. The van der Waals surface area contributed by atoms with Crippen molar-refractivity contribution in [3.63, 3.8) is 0 Å². The van der Waals surface area contributed by atoms with Gasteiger partial charge in [0.25, 0.3) is 0 Å². The average molecular weight is 307 g/mol. The van der Waals surface area contributed by atoms with Crippen molar-refractivity contribution in [1.82, 2.24) is 5.32 Å². The van der Waals surface area contributed by atoms with E-state index in [1.165, 1.54) is 0 Å². The van der Waals surface area contributed by atoms with Gasteiger partial charge in [-0.3, -0.25) is 0 Å². The molecule has 3 heterocycles. The second kappa shape index (κ2) is 5.87. The van der Waals surface area contributed by atoms with Crippen LogP contribution in [0.4, 0.5) is 4.79 Å². The molecule has 0 aromatic heterocycles. The largest absolute Gasteiger partial charge is 0.445 e. The summed E-state index contributed by atoms with van der Waals surface area (Å²) in [7, 11) is 0. The molecule has 0 saturated carbocycles. The predicted molar refractivity (Wildman–Crippen MR) is 77.9 cm³/mol. The molecular formula is C16H21NO5.